The maximum absolute atomic E-state index is 5.19. The molecule has 3 aromatic carbocycles. The molecule has 3 aromatic rings. The second-order valence-electron chi connectivity index (χ2n) is 5.11. The van der Waals surface area contributed by atoms with Crippen LogP contribution in [0.25, 0.3) is 0 Å². The third-order valence-corrected chi connectivity index (χ3v) is 4.88. The lowest BCUT2D eigenvalue weighted by Gasteiger charge is -2.04. The molecule has 0 heterocycles. The molecule has 0 amide bonds. The van der Waals surface area contributed by atoms with E-state index in [1.807, 2.05) is 54.2 Å². The molecule has 0 fully saturated rings. The summed E-state index contributed by atoms with van der Waals surface area (Å²) in [5, 5.41) is 0. The molecule has 0 bridgehead atoms. The van der Waals surface area contributed by atoms with Crippen molar-refractivity contribution in [3.63, 3.8) is 0 Å². The molecule has 0 spiro atoms. The van der Waals surface area contributed by atoms with Gasteiger partial charge in [-0.2, -0.15) is 0 Å². The molecule has 0 aromatic heterocycles. The first-order valence-corrected chi connectivity index (χ1v) is 9.59. The summed E-state index contributed by atoms with van der Waals surface area (Å²) < 4.78 is 11.2. The van der Waals surface area contributed by atoms with E-state index in [2.05, 4.69) is 52.3 Å². The third kappa shape index (κ3) is 7.24. The number of rotatable bonds is 5. The van der Waals surface area contributed by atoms with Crippen LogP contribution < -0.4 is 9.47 Å². The Morgan fingerprint density at radius 3 is 2.00 bits per heavy atom. The zero-order valence-corrected chi connectivity index (χ0v) is 16.7. The van der Waals surface area contributed by atoms with Gasteiger partial charge in [-0.3, -0.25) is 0 Å². The molecule has 0 saturated heterocycles. The van der Waals surface area contributed by atoms with E-state index in [4.69, 9.17) is 9.47 Å². The lowest BCUT2D eigenvalue weighted by atomic mass is 10.2. The summed E-state index contributed by atoms with van der Waals surface area (Å²) in [5.74, 6) is 2.79. The summed E-state index contributed by atoms with van der Waals surface area (Å²) in [4.78, 5) is 1.24. The highest BCUT2D eigenvalue weighted by molar-refractivity contribution is 9.10. The Bertz CT molecular complexity index is 763. The van der Waals surface area contributed by atoms with Gasteiger partial charge >= 0.3 is 0 Å². The lowest BCUT2D eigenvalue weighted by molar-refractivity contribution is 0.413. The average Bonchev–Trinajstić information content (AvgIpc) is 2.68. The predicted molar refractivity (Wildman–Crippen MR) is 110 cm³/mol. The van der Waals surface area contributed by atoms with Gasteiger partial charge in [-0.05, 0) is 42.0 Å². The first-order chi connectivity index (χ1) is 12.2. The molecule has 0 aliphatic heterocycles. The van der Waals surface area contributed by atoms with Gasteiger partial charge in [-0.1, -0.05) is 58.4 Å². The zero-order valence-electron chi connectivity index (χ0n) is 14.3. The number of benzene rings is 3. The van der Waals surface area contributed by atoms with Crippen LogP contribution in [0.2, 0.25) is 0 Å². The summed E-state index contributed by atoms with van der Waals surface area (Å²) in [5.41, 5.74) is 1.34. The Morgan fingerprint density at radius 1 is 0.760 bits per heavy atom. The monoisotopic (exact) mass is 416 g/mol. The zero-order chi connectivity index (χ0) is 17.9. The topological polar surface area (TPSA) is 18.5 Å². The van der Waals surface area contributed by atoms with Crippen LogP contribution in [0.3, 0.4) is 0 Å². The van der Waals surface area contributed by atoms with Crippen molar-refractivity contribution in [3.8, 4) is 11.5 Å². The molecule has 130 valence electrons. The van der Waals surface area contributed by atoms with Crippen molar-refractivity contribution in [3.05, 3.63) is 88.9 Å². The molecule has 25 heavy (non-hydrogen) atoms. The fourth-order valence-corrected chi connectivity index (χ4v) is 3.30. The van der Waals surface area contributed by atoms with Crippen LogP contribution in [0.1, 0.15) is 5.56 Å². The van der Waals surface area contributed by atoms with Crippen molar-refractivity contribution in [2.45, 2.75) is 10.6 Å². The maximum Gasteiger partial charge on any atom is 0.119 e. The number of thioether (sulfide) groups is 1. The number of hydrogen-bond donors (Lipinski definition) is 0. The molecular weight excluding hydrogens is 396 g/mol. The van der Waals surface area contributed by atoms with Crippen molar-refractivity contribution in [2.24, 2.45) is 0 Å². The molecule has 0 N–H and O–H groups in total. The molecule has 0 atom stereocenters. The smallest absolute Gasteiger partial charge is 0.119 e. The minimum atomic E-state index is 0.879. The maximum atomic E-state index is 5.19. The predicted octanol–water partition coefficient (Wildman–Crippen LogP) is 6.45. The number of ether oxygens (including phenoxy) is 2. The Balaban J connectivity index is 0.000000212. The SMILES string of the molecule is COc1cccc(Br)c1.COc1cccc(SCc2ccccc2)c1. The van der Waals surface area contributed by atoms with Gasteiger partial charge in [0, 0.05) is 15.1 Å². The van der Waals surface area contributed by atoms with E-state index in [0.29, 0.717) is 0 Å². The van der Waals surface area contributed by atoms with Gasteiger partial charge in [0.1, 0.15) is 11.5 Å². The van der Waals surface area contributed by atoms with Crippen LogP contribution in [0, 0.1) is 0 Å². The molecule has 0 unspecified atom stereocenters. The standard InChI is InChI=1S/C14H14OS.C7H7BrO/c1-15-13-8-5-9-14(10-13)16-11-12-6-3-2-4-7-12;1-9-7-4-2-3-6(8)5-7/h2-10H,11H2,1H3;2-5H,1H3. The largest absolute Gasteiger partial charge is 0.497 e. The van der Waals surface area contributed by atoms with Crippen molar-refractivity contribution in [1.82, 2.24) is 0 Å². The highest BCUT2D eigenvalue weighted by Crippen LogP contribution is 2.25. The highest BCUT2D eigenvalue weighted by atomic mass is 79.9. The fraction of sp³-hybridized carbons (Fsp3) is 0.143. The normalized spacial score (nSPS) is 9.72. The molecule has 0 aliphatic carbocycles. The molecule has 3 rings (SSSR count). The molecule has 0 radical (unpaired) electrons. The second-order valence-corrected chi connectivity index (χ2v) is 7.08. The Labute approximate surface area is 162 Å². The van der Waals surface area contributed by atoms with Gasteiger partial charge < -0.3 is 9.47 Å². The van der Waals surface area contributed by atoms with E-state index in [1.54, 1.807) is 14.2 Å². The van der Waals surface area contributed by atoms with Crippen molar-refractivity contribution >= 4 is 27.7 Å². The van der Waals surface area contributed by atoms with Crippen LogP contribution in [-0.2, 0) is 5.75 Å². The highest BCUT2D eigenvalue weighted by Gasteiger charge is 1.97. The fourth-order valence-electron chi connectivity index (χ4n) is 2.03. The molecular formula is C21H21BrO2S. The Hall–Kier alpha value is -1.91. The quantitative estimate of drug-likeness (QED) is 0.445. The van der Waals surface area contributed by atoms with E-state index >= 15 is 0 Å². The Morgan fingerprint density at radius 2 is 1.40 bits per heavy atom. The third-order valence-electron chi connectivity index (χ3n) is 3.32. The van der Waals surface area contributed by atoms with Crippen LogP contribution >= 0.6 is 27.7 Å². The summed E-state index contributed by atoms with van der Waals surface area (Å²) in [6, 6.07) is 26.3. The van der Waals surface area contributed by atoms with E-state index in [0.717, 1.165) is 21.7 Å². The van der Waals surface area contributed by atoms with E-state index < -0.39 is 0 Å². The van der Waals surface area contributed by atoms with Crippen molar-refractivity contribution in [2.75, 3.05) is 14.2 Å². The van der Waals surface area contributed by atoms with Gasteiger partial charge in [0.05, 0.1) is 14.2 Å². The molecule has 0 aliphatic rings. The van der Waals surface area contributed by atoms with E-state index in [-0.39, 0.29) is 0 Å². The van der Waals surface area contributed by atoms with Gasteiger partial charge in [-0.25, -0.2) is 0 Å². The first kappa shape index (κ1) is 19.4. The van der Waals surface area contributed by atoms with Crippen LogP contribution in [0.5, 0.6) is 11.5 Å². The van der Waals surface area contributed by atoms with Gasteiger partial charge in [0.2, 0.25) is 0 Å². The average molecular weight is 417 g/mol. The van der Waals surface area contributed by atoms with Gasteiger partial charge in [-0.15, -0.1) is 11.8 Å². The number of methoxy groups -OCH3 is 2. The van der Waals surface area contributed by atoms with E-state index in [9.17, 15) is 0 Å². The Kier molecular flexibility index (Phi) is 8.43. The van der Waals surface area contributed by atoms with Gasteiger partial charge in [0.25, 0.3) is 0 Å². The number of hydrogen-bond acceptors (Lipinski definition) is 3. The second kappa shape index (κ2) is 10.9. The minimum Gasteiger partial charge on any atom is -0.497 e. The number of halogens is 1. The summed E-state index contributed by atoms with van der Waals surface area (Å²) >= 11 is 5.15. The van der Waals surface area contributed by atoms with Crippen LogP contribution in [0.15, 0.2) is 88.2 Å². The summed E-state index contributed by atoms with van der Waals surface area (Å²) in [7, 11) is 3.35. The van der Waals surface area contributed by atoms with Crippen LogP contribution in [-0.4, -0.2) is 14.2 Å². The first-order valence-electron chi connectivity index (χ1n) is 7.81. The lowest BCUT2D eigenvalue weighted by Crippen LogP contribution is -1.83. The molecule has 4 heteroatoms. The summed E-state index contributed by atoms with van der Waals surface area (Å²) in [6.45, 7) is 0. The summed E-state index contributed by atoms with van der Waals surface area (Å²) in [6.07, 6.45) is 0. The molecule has 0 saturated carbocycles. The molecule has 2 nitrogen and oxygen atoms in total. The van der Waals surface area contributed by atoms with Crippen molar-refractivity contribution in [1.29, 1.82) is 0 Å². The van der Waals surface area contributed by atoms with Gasteiger partial charge in [0.15, 0.2) is 0 Å². The van der Waals surface area contributed by atoms with Crippen LogP contribution in [0.4, 0.5) is 0 Å². The van der Waals surface area contributed by atoms with E-state index in [1.165, 1.54) is 10.5 Å². The minimum absolute atomic E-state index is 0.879. The van der Waals surface area contributed by atoms with Crippen molar-refractivity contribution < 1.29 is 9.47 Å².